The van der Waals surface area contributed by atoms with Gasteiger partial charge in [0.2, 0.25) is 0 Å². The van der Waals surface area contributed by atoms with Gasteiger partial charge in [0.15, 0.2) is 0 Å². The van der Waals surface area contributed by atoms with Crippen molar-refractivity contribution in [3.05, 3.63) is 0 Å². The summed E-state index contributed by atoms with van der Waals surface area (Å²) in [5, 5.41) is -7.06. The lowest BCUT2D eigenvalue weighted by atomic mass is 9.86. The molecule has 23 heteroatoms. The summed E-state index contributed by atoms with van der Waals surface area (Å²) in [5.41, 5.74) is 0. The second kappa shape index (κ2) is 8.43. The van der Waals surface area contributed by atoms with Crippen LogP contribution in [0.25, 0.3) is 0 Å². The number of carbonyl (C=O) groups excluding carboxylic acids is 1. The summed E-state index contributed by atoms with van der Waals surface area (Å²) in [4.78, 5) is 10.2. The van der Waals surface area contributed by atoms with E-state index in [1.807, 2.05) is 0 Å². The van der Waals surface area contributed by atoms with E-state index < -0.39 is 69.5 Å². The first-order chi connectivity index (χ1) is 15.1. The molecule has 0 aliphatic rings. The van der Waals surface area contributed by atoms with E-state index in [0.717, 1.165) is 0 Å². The van der Waals surface area contributed by atoms with Gasteiger partial charge in [-0.1, -0.05) is 0 Å². The van der Waals surface area contributed by atoms with Gasteiger partial charge in [-0.15, -0.1) is 0 Å². The highest BCUT2D eigenvalue weighted by atomic mass is 35.5. The van der Waals surface area contributed by atoms with Crippen LogP contribution in [-0.2, 0) is 4.79 Å². The normalized spacial score (nSPS) is 16.3. The zero-order valence-corrected chi connectivity index (χ0v) is 17.0. The van der Waals surface area contributed by atoms with E-state index in [-0.39, 0.29) is 14.1 Å². The van der Waals surface area contributed by atoms with Gasteiger partial charge in [0.1, 0.15) is 0 Å². The first kappa shape index (κ1) is 34.4. The molecule has 216 valence electrons. The lowest BCUT2D eigenvalue weighted by Gasteiger charge is -2.44. The second-order valence-corrected chi connectivity index (χ2v) is 7.34. The van der Waals surface area contributed by atoms with Gasteiger partial charge in [0, 0.05) is 14.1 Å². The SMILES string of the molecule is CN(C)C(=O)C(F)(F)C(F)(F)C(F)(F)C(F)(F)C(F)(F)C(F)(F)C(F)(F)C(F)(F)C(F)(F)C(F)(F)Cl. The fraction of sp³-hybridized carbons (Fsp3) is 0.923. The van der Waals surface area contributed by atoms with Gasteiger partial charge in [0.25, 0.3) is 5.91 Å². The van der Waals surface area contributed by atoms with Gasteiger partial charge in [0.05, 0.1) is 0 Å². The maximum absolute atomic E-state index is 13.6. The van der Waals surface area contributed by atoms with Crippen LogP contribution in [-0.4, -0.2) is 83.6 Å². The lowest BCUT2D eigenvalue weighted by Crippen LogP contribution is -2.77. The number of nitrogens with zero attached hydrogens (tertiary/aromatic N) is 1. The predicted octanol–water partition coefficient (Wildman–Crippen LogP) is 6.62. The van der Waals surface area contributed by atoms with Gasteiger partial charge < -0.3 is 4.90 Å². The number of halogens is 21. The maximum Gasteiger partial charge on any atom is 0.393 e. The van der Waals surface area contributed by atoms with E-state index in [0.29, 0.717) is 0 Å². The average Bonchev–Trinajstić information content (AvgIpc) is 2.64. The summed E-state index contributed by atoms with van der Waals surface area (Å²) in [7, 11) is 0.0850. The molecule has 0 rings (SSSR count). The Balaban J connectivity index is 7.14. The monoisotopic (exact) mass is 607 g/mol. The minimum absolute atomic E-state index is 0.0425. The van der Waals surface area contributed by atoms with Crippen molar-refractivity contribution in [2.24, 2.45) is 0 Å². The van der Waals surface area contributed by atoms with E-state index in [4.69, 9.17) is 0 Å². The van der Waals surface area contributed by atoms with Crippen molar-refractivity contribution in [2.45, 2.75) is 58.7 Å². The minimum atomic E-state index is -9.14. The van der Waals surface area contributed by atoms with Gasteiger partial charge in [-0.2, -0.15) is 87.8 Å². The Kier molecular flexibility index (Phi) is 8.05. The van der Waals surface area contributed by atoms with Crippen molar-refractivity contribution < 1.29 is 92.6 Å². The highest BCUT2D eigenvalue weighted by molar-refractivity contribution is 6.22. The zero-order valence-electron chi connectivity index (χ0n) is 16.3. The Bertz CT molecular complexity index is 843. The molecule has 0 fully saturated rings. The molecule has 0 N–H and O–H groups in total. The molecule has 0 saturated carbocycles. The van der Waals surface area contributed by atoms with E-state index in [9.17, 15) is 92.6 Å². The van der Waals surface area contributed by atoms with Crippen molar-refractivity contribution in [1.29, 1.82) is 0 Å². The Morgan fingerprint density at radius 2 is 0.639 bits per heavy atom. The van der Waals surface area contributed by atoms with Crippen molar-refractivity contribution in [3.63, 3.8) is 0 Å². The molecule has 1 amide bonds. The van der Waals surface area contributed by atoms with Crippen LogP contribution in [0.2, 0.25) is 0 Å². The molecule has 0 aromatic carbocycles. The number of amides is 1. The van der Waals surface area contributed by atoms with Gasteiger partial charge in [-0.05, 0) is 11.6 Å². The Morgan fingerprint density at radius 1 is 0.444 bits per heavy atom. The molecule has 0 aromatic rings. The van der Waals surface area contributed by atoms with Crippen LogP contribution in [0.4, 0.5) is 87.8 Å². The van der Waals surface area contributed by atoms with Crippen molar-refractivity contribution >= 4 is 17.5 Å². The Morgan fingerprint density at radius 3 is 0.833 bits per heavy atom. The van der Waals surface area contributed by atoms with Crippen LogP contribution in [0.5, 0.6) is 0 Å². The van der Waals surface area contributed by atoms with Crippen LogP contribution >= 0.6 is 11.6 Å². The van der Waals surface area contributed by atoms with E-state index in [2.05, 4.69) is 11.6 Å². The second-order valence-electron chi connectivity index (χ2n) is 6.87. The first-order valence-electron chi connectivity index (χ1n) is 7.79. The summed E-state index contributed by atoms with van der Waals surface area (Å²) >= 11 is 3.29. The fourth-order valence-corrected chi connectivity index (χ4v) is 2.09. The Labute approximate surface area is 189 Å². The highest BCUT2D eigenvalue weighted by Crippen LogP contribution is 2.66. The molecule has 0 aromatic heterocycles. The molecule has 0 saturated heterocycles. The molecule has 0 heterocycles. The number of rotatable bonds is 10. The van der Waals surface area contributed by atoms with E-state index in [1.165, 1.54) is 0 Å². The number of hydrogen-bond acceptors (Lipinski definition) is 1. The molecule has 2 nitrogen and oxygen atoms in total. The van der Waals surface area contributed by atoms with E-state index >= 15 is 0 Å². The minimum Gasteiger partial charge on any atom is -0.343 e. The molecule has 0 aliphatic carbocycles. The molecule has 36 heavy (non-hydrogen) atoms. The van der Waals surface area contributed by atoms with Crippen molar-refractivity contribution in [3.8, 4) is 0 Å². The Hall–Kier alpha value is -1.64. The summed E-state index contributed by atoms with van der Waals surface area (Å²) in [6, 6.07) is 0. The summed E-state index contributed by atoms with van der Waals surface area (Å²) < 4.78 is 266. The topological polar surface area (TPSA) is 20.3 Å². The van der Waals surface area contributed by atoms with E-state index in [1.54, 1.807) is 0 Å². The summed E-state index contributed by atoms with van der Waals surface area (Å²) in [5.74, 6) is -80.7. The largest absolute Gasteiger partial charge is 0.393 e. The lowest BCUT2D eigenvalue weighted by molar-refractivity contribution is -0.464. The van der Waals surface area contributed by atoms with Crippen LogP contribution in [0.1, 0.15) is 0 Å². The predicted molar refractivity (Wildman–Crippen MR) is 74.0 cm³/mol. The molecule has 0 atom stereocenters. The molecule has 0 unspecified atom stereocenters. The van der Waals surface area contributed by atoms with Crippen LogP contribution < -0.4 is 0 Å². The zero-order chi connectivity index (χ0) is 30.2. The first-order valence-corrected chi connectivity index (χ1v) is 8.17. The third-order valence-corrected chi connectivity index (χ3v) is 4.42. The van der Waals surface area contributed by atoms with Gasteiger partial charge >= 0.3 is 58.7 Å². The van der Waals surface area contributed by atoms with Crippen LogP contribution in [0, 0.1) is 0 Å². The molecule has 0 radical (unpaired) electrons. The molecule has 0 bridgehead atoms. The number of hydrogen-bond donors (Lipinski definition) is 0. The van der Waals surface area contributed by atoms with Crippen LogP contribution in [0.15, 0.2) is 0 Å². The quantitative estimate of drug-likeness (QED) is 0.202. The third-order valence-electron chi connectivity index (χ3n) is 4.19. The van der Waals surface area contributed by atoms with Crippen LogP contribution in [0.3, 0.4) is 0 Å². The number of alkyl halides is 21. The van der Waals surface area contributed by atoms with Crippen molar-refractivity contribution in [2.75, 3.05) is 14.1 Å². The smallest absolute Gasteiger partial charge is 0.343 e. The summed E-state index contributed by atoms with van der Waals surface area (Å²) in [6.45, 7) is 0. The third kappa shape index (κ3) is 3.99. The standard InChI is InChI=1S/C13H6ClF20NO/c1-35(2)3(36)4(15,16)5(17,18)6(19,20)7(21,22)8(23,24)9(25,26)10(27,28)11(29,30)12(31,32)13(14,33)34/h1-2H3. The summed E-state index contributed by atoms with van der Waals surface area (Å²) in [6.07, 6.45) is 0. The molecule has 0 aliphatic heterocycles. The molecular weight excluding hydrogens is 602 g/mol. The van der Waals surface area contributed by atoms with Gasteiger partial charge in [-0.3, -0.25) is 4.79 Å². The highest BCUT2D eigenvalue weighted by Gasteiger charge is 2.98. The number of carbonyl (C=O) groups is 1. The van der Waals surface area contributed by atoms with Gasteiger partial charge in [-0.25, -0.2) is 0 Å². The maximum atomic E-state index is 13.6. The fourth-order valence-electron chi connectivity index (χ4n) is 1.97. The average molecular weight is 608 g/mol. The van der Waals surface area contributed by atoms with Crippen molar-refractivity contribution in [1.82, 2.24) is 4.90 Å². The molecule has 0 spiro atoms. The molecular formula is C13H6ClF20NO.